The highest BCUT2D eigenvalue weighted by Gasteiger charge is 2.56. The fraction of sp³-hybridized carbons (Fsp3) is 0.417. The van der Waals surface area contributed by atoms with E-state index in [1.54, 1.807) is 18.2 Å². The average Bonchev–Trinajstić information content (AvgIpc) is 2.71. The normalized spacial score (nSPS) is 25.3. The van der Waals surface area contributed by atoms with Crippen LogP contribution >= 0.6 is 0 Å². The Labute approximate surface area is 192 Å². The van der Waals surface area contributed by atoms with Crippen molar-refractivity contribution in [3.63, 3.8) is 0 Å². The quantitative estimate of drug-likeness (QED) is 0.331. The molecular formula is C24H25B3O5. The Morgan fingerprint density at radius 2 is 1.69 bits per heavy atom. The van der Waals surface area contributed by atoms with E-state index in [0.29, 0.717) is 36.1 Å². The van der Waals surface area contributed by atoms with Crippen molar-refractivity contribution in [3.05, 3.63) is 70.8 Å². The molecule has 0 spiro atoms. The SMILES string of the molecule is [B]C([B])(O)C1=CC2c3c(O)cc(CCc4ccccc4)cc3OC(C)(C([B])(O)O)C2CC1. The van der Waals surface area contributed by atoms with Gasteiger partial charge in [-0.25, -0.2) is 0 Å². The highest BCUT2D eigenvalue weighted by atomic mass is 16.6. The molecule has 3 atom stereocenters. The van der Waals surface area contributed by atoms with Crippen molar-refractivity contribution in [1.29, 1.82) is 0 Å². The van der Waals surface area contributed by atoms with E-state index in [-0.39, 0.29) is 5.75 Å². The molecule has 0 aromatic heterocycles. The van der Waals surface area contributed by atoms with Crippen molar-refractivity contribution in [2.45, 2.75) is 55.2 Å². The molecule has 1 heterocycles. The van der Waals surface area contributed by atoms with Crippen LogP contribution in [-0.4, -0.2) is 60.7 Å². The molecule has 4 N–H and O–H groups in total. The summed E-state index contributed by atoms with van der Waals surface area (Å²) in [5.74, 6) is -0.695. The third-order valence-corrected chi connectivity index (χ3v) is 6.87. The number of aliphatic hydroxyl groups is 3. The number of fused-ring (bicyclic) bond motifs is 3. The molecule has 6 radical (unpaired) electrons. The minimum atomic E-state index is -2.64. The Morgan fingerprint density at radius 3 is 2.31 bits per heavy atom. The first kappa shape index (κ1) is 23.0. The van der Waals surface area contributed by atoms with E-state index in [4.69, 9.17) is 28.3 Å². The van der Waals surface area contributed by atoms with Gasteiger partial charge in [0, 0.05) is 22.8 Å². The Hall–Kier alpha value is -2.15. The van der Waals surface area contributed by atoms with Gasteiger partial charge in [0.2, 0.25) is 0 Å². The minimum absolute atomic E-state index is 0.0243. The van der Waals surface area contributed by atoms with Crippen molar-refractivity contribution in [2.24, 2.45) is 5.92 Å². The number of allylic oxidation sites excluding steroid dienone is 1. The lowest BCUT2D eigenvalue weighted by molar-refractivity contribution is -0.227. The molecule has 3 unspecified atom stereocenters. The van der Waals surface area contributed by atoms with E-state index in [2.05, 4.69) is 0 Å². The number of aromatic hydroxyl groups is 1. The van der Waals surface area contributed by atoms with Crippen LogP contribution in [0, 0.1) is 5.92 Å². The molecule has 0 saturated heterocycles. The maximum Gasteiger partial charge on any atom is 0.159 e. The number of phenolic OH excluding ortho intramolecular Hbond substituents is 1. The largest absolute Gasteiger partial charge is 0.507 e. The topological polar surface area (TPSA) is 90.2 Å². The Morgan fingerprint density at radius 1 is 1.03 bits per heavy atom. The van der Waals surface area contributed by atoms with Gasteiger partial charge in [0.05, 0.1) is 0 Å². The zero-order valence-electron chi connectivity index (χ0n) is 18.0. The van der Waals surface area contributed by atoms with E-state index in [0.717, 1.165) is 17.5 Å². The lowest BCUT2D eigenvalue weighted by Crippen LogP contribution is -2.64. The second-order valence-electron chi connectivity index (χ2n) is 9.14. The molecule has 8 heteroatoms. The molecule has 2 aromatic rings. The molecule has 1 aliphatic carbocycles. The molecule has 0 saturated carbocycles. The first-order valence-electron chi connectivity index (χ1n) is 10.7. The van der Waals surface area contributed by atoms with Crippen LogP contribution in [0.1, 0.15) is 42.4 Å². The second kappa shape index (κ2) is 8.01. The number of aryl methyl sites for hydroxylation is 2. The van der Waals surface area contributed by atoms with Crippen molar-refractivity contribution in [2.75, 3.05) is 0 Å². The third kappa shape index (κ3) is 4.12. The van der Waals surface area contributed by atoms with Gasteiger partial charge in [0.1, 0.15) is 27.2 Å². The van der Waals surface area contributed by atoms with Crippen molar-refractivity contribution in [3.8, 4) is 11.5 Å². The van der Waals surface area contributed by atoms with Gasteiger partial charge in [-0.1, -0.05) is 42.0 Å². The van der Waals surface area contributed by atoms with Gasteiger partial charge in [-0.2, -0.15) is 0 Å². The molecular weight excluding hydrogens is 401 g/mol. The van der Waals surface area contributed by atoms with E-state index in [1.807, 2.05) is 30.3 Å². The molecule has 0 fully saturated rings. The first-order chi connectivity index (χ1) is 14.9. The number of phenols is 1. The van der Waals surface area contributed by atoms with E-state index < -0.39 is 28.5 Å². The second-order valence-corrected chi connectivity index (χ2v) is 9.14. The summed E-state index contributed by atoms with van der Waals surface area (Å²) in [6.45, 7) is 1.54. The van der Waals surface area contributed by atoms with Crippen LogP contribution in [0.5, 0.6) is 11.5 Å². The minimum Gasteiger partial charge on any atom is -0.507 e. The predicted octanol–water partition coefficient (Wildman–Crippen LogP) is 1.54. The average molecular weight is 426 g/mol. The molecule has 0 amide bonds. The predicted molar refractivity (Wildman–Crippen MR) is 124 cm³/mol. The van der Waals surface area contributed by atoms with Gasteiger partial charge in [0.25, 0.3) is 0 Å². The van der Waals surface area contributed by atoms with Gasteiger partial charge in [-0.15, -0.1) is 0 Å². The summed E-state index contributed by atoms with van der Waals surface area (Å²) in [4.78, 5) is 0. The summed E-state index contributed by atoms with van der Waals surface area (Å²) in [5, 5.41) is 39.9. The van der Waals surface area contributed by atoms with Gasteiger partial charge < -0.3 is 25.2 Å². The van der Waals surface area contributed by atoms with Crippen molar-refractivity contribution >= 4 is 23.5 Å². The maximum atomic E-state index is 10.9. The van der Waals surface area contributed by atoms with Gasteiger partial charge in [-0.05, 0) is 55.9 Å². The molecule has 1 aliphatic heterocycles. The number of ether oxygens (including phenoxy) is 1. The number of hydrogen-bond acceptors (Lipinski definition) is 5. The number of benzene rings is 2. The fourth-order valence-corrected chi connectivity index (χ4v) is 4.96. The van der Waals surface area contributed by atoms with E-state index in [1.165, 1.54) is 6.92 Å². The van der Waals surface area contributed by atoms with Crippen molar-refractivity contribution < 1.29 is 25.2 Å². The molecule has 0 bridgehead atoms. The Balaban J connectivity index is 1.77. The zero-order chi connectivity index (χ0) is 23.3. The molecule has 5 nitrogen and oxygen atoms in total. The lowest BCUT2D eigenvalue weighted by atomic mass is 9.54. The molecule has 2 aliphatic rings. The Kier molecular flexibility index (Phi) is 5.77. The molecule has 160 valence electrons. The smallest absolute Gasteiger partial charge is 0.159 e. The van der Waals surface area contributed by atoms with E-state index in [9.17, 15) is 20.4 Å². The van der Waals surface area contributed by atoms with Gasteiger partial charge in [0.15, 0.2) is 19.1 Å². The summed E-state index contributed by atoms with van der Waals surface area (Å²) in [5.41, 5.74) is -1.33. The highest BCUT2D eigenvalue weighted by molar-refractivity contribution is 6.41. The van der Waals surface area contributed by atoms with Crippen LogP contribution in [-0.2, 0) is 12.8 Å². The monoisotopic (exact) mass is 426 g/mol. The number of hydrogen-bond donors (Lipinski definition) is 4. The van der Waals surface area contributed by atoms with Crippen LogP contribution in [0.3, 0.4) is 0 Å². The first-order valence-corrected chi connectivity index (χ1v) is 10.7. The summed E-state index contributed by atoms with van der Waals surface area (Å²) in [6, 6.07) is 13.5. The highest BCUT2D eigenvalue weighted by Crippen LogP contribution is 2.56. The third-order valence-electron chi connectivity index (χ3n) is 6.87. The lowest BCUT2D eigenvalue weighted by Gasteiger charge is -2.53. The van der Waals surface area contributed by atoms with E-state index >= 15 is 0 Å². The molecule has 2 aromatic carbocycles. The maximum absolute atomic E-state index is 10.9. The summed E-state index contributed by atoms with van der Waals surface area (Å²) in [7, 11) is 17.2. The fourth-order valence-electron chi connectivity index (χ4n) is 4.96. The van der Waals surface area contributed by atoms with Crippen LogP contribution in [0.4, 0.5) is 0 Å². The summed E-state index contributed by atoms with van der Waals surface area (Å²) < 4.78 is 6.11. The standard InChI is InChI=1S/C24H25B3O5/c1-22(24(27,30)31)18-10-9-16(23(25,26)29)13-17(18)21-19(28)11-15(12-20(21)32-22)8-7-14-5-3-2-4-6-14/h2-6,11-13,17-18,28-31H,7-10H2,1H3. The van der Waals surface area contributed by atoms with Crippen LogP contribution in [0.2, 0.25) is 0 Å². The van der Waals surface area contributed by atoms with Crippen LogP contribution in [0.15, 0.2) is 54.1 Å². The Bertz CT molecular complexity index is 1030. The molecule has 32 heavy (non-hydrogen) atoms. The zero-order valence-corrected chi connectivity index (χ0v) is 18.0. The van der Waals surface area contributed by atoms with Gasteiger partial charge >= 0.3 is 0 Å². The summed E-state index contributed by atoms with van der Waals surface area (Å²) >= 11 is 0. The number of rotatable bonds is 5. The van der Waals surface area contributed by atoms with Crippen LogP contribution < -0.4 is 4.74 Å². The van der Waals surface area contributed by atoms with Crippen molar-refractivity contribution in [1.82, 2.24) is 0 Å². The van der Waals surface area contributed by atoms with Gasteiger partial charge in [-0.3, -0.25) is 0 Å². The summed E-state index contributed by atoms with van der Waals surface area (Å²) in [6.07, 6.45) is 3.80. The molecule has 4 rings (SSSR count). The van der Waals surface area contributed by atoms with Crippen LogP contribution in [0.25, 0.3) is 0 Å².